The zero-order chi connectivity index (χ0) is 19.1. The lowest BCUT2D eigenvalue weighted by molar-refractivity contribution is -0.134. The highest BCUT2D eigenvalue weighted by atomic mass is 16.5. The van der Waals surface area contributed by atoms with Gasteiger partial charge < -0.3 is 23.4 Å². The number of furan rings is 2. The van der Waals surface area contributed by atoms with Gasteiger partial charge in [0.05, 0.1) is 25.2 Å². The highest BCUT2D eigenvalue weighted by Gasteiger charge is 2.27. The van der Waals surface area contributed by atoms with Crippen LogP contribution in [0.25, 0.3) is 0 Å². The van der Waals surface area contributed by atoms with Crippen LogP contribution in [-0.2, 0) is 16.1 Å². The van der Waals surface area contributed by atoms with E-state index in [4.69, 9.17) is 13.6 Å². The molecule has 2 amide bonds. The van der Waals surface area contributed by atoms with Crippen molar-refractivity contribution in [3.63, 3.8) is 0 Å². The highest BCUT2D eigenvalue weighted by molar-refractivity contribution is 5.94. The van der Waals surface area contributed by atoms with Gasteiger partial charge >= 0.3 is 0 Å². The minimum atomic E-state index is -0.344. The molecule has 7 nitrogen and oxygen atoms in total. The molecule has 2 aromatic rings. The normalized spacial score (nSPS) is 16.2. The predicted molar refractivity (Wildman–Crippen MR) is 97.9 cm³/mol. The molecule has 3 rings (SSSR count). The zero-order valence-corrected chi connectivity index (χ0v) is 15.2. The number of hydrogen-bond acceptors (Lipinski definition) is 5. The molecule has 1 fully saturated rings. The summed E-state index contributed by atoms with van der Waals surface area (Å²) in [5.41, 5.74) is 0. The Labute approximate surface area is 158 Å². The van der Waals surface area contributed by atoms with Gasteiger partial charge in [0.15, 0.2) is 5.76 Å². The zero-order valence-electron chi connectivity index (χ0n) is 15.2. The molecule has 0 radical (unpaired) electrons. The summed E-state index contributed by atoms with van der Waals surface area (Å²) in [5, 5.41) is 0. The standard InChI is InChI=1S/C20H24N2O5/c1-2-9-21(20(24)18-8-5-12-27-18)15-19(23)22(13-16-6-3-10-25-16)14-17-7-4-11-26-17/h2-3,5-6,8,10,12,17H,1,4,7,9,11,13-15H2. The summed E-state index contributed by atoms with van der Waals surface area (Å²) in [6.45, 7) is 5.38. The van der Waals surface area contributed by atoms with Crippen LogP contribution in [0.5, 0.6) is 0 Å². The Balaban J connectivity index is 1.70. The van der Waals surface area contributed by atoms with Crippen LogP contribution in [0, 0.1) is 0 Å². The lowest BCUT2D eigenvalue weighted by Gasteiger charge is -2.28. The third-order valence-electron chi connectivity index (χ3n) is 4.42. The molecule has 2 aromatic heterocycles. The molecule has 144 valence electrons. The first-order valence-corrected chi connectivity index (χ1v) is 9.03. The van der Waals surface area contributed by atoms with E-state index in [0.29, 0.717) is 25.5 Å². The van der Waals surface area contributed by atoms with Crippen molar-refractivity contribution in [3.05, 3.63) is 61.0 Å². The van der Waals surface area contributed by atoms with Crippen molar-refractivity contribution in [1.29, 1.82) is 0 Å². The minimum absolute atomic E-state index is 0.0116. The average Bonchev–Trinajstić information content (AvgIpc) is 3.42. The van der Waals surface area contributed by atoms with Crippen molar-refractivity contribution < 1.29 is 23.2 Å². The molecule has 7 heteroatoms. The van der Waals surface area contributed by atoms with E-state index in [0.717, 1.165) is 12.8 Å². The van der Waals surface area contributed by atoms with Crippen molar-refractivity contribution in [2.24, 2.45) is 0 Å². The Hall–Kier alpha value is -2.80. The van der Waals surface area contributed by atoms with E-state index in [9.17, 15) is 9.59 Å². The molecule has 1 saturated heterocycles. The molecule has 0 N–H and O–H groups in total. The largest absolute Gasteiger partial charge is 0.467 e. The van der Waals surface area contributed by atoms with Gasteiger partial charge in [-0.15, -0.1) is 6.58 Å². The van der Waals surface area contributed by atoms with Crippen LogP contribution in [0.15, 0.2) is 58.3 Å². The summed E-state index contributed by atoms with van der Waals surface area (Å²) in [6, 6.07) is 6.83. The maximum atomic E-state index is 13.0. The van der Waals surface area contributed by atoms with Crippen molar-refractivity contribution in [1.82, 2.24) is 9.80 Å². The van der Waals surface area contributed by atoms with Gasteiger partial charge in [-0.25, -0.2) is 0 Å². The number of amides is 2. The third kappa shape index (κ3) is 5.10. The summed E-state index contributed by atoms with van der Waals surface area (Å²) in [5.74, 6) is 0.363. The summed E-state index contributed by atoms with van der Waals surface area (Å²) in [6.07, 6.45) is 6.52. The van der Waals surface area contributed by atoms with Crippen LogP contribution < -0.4 is 0 Å². The van der Waals surface area contributed by atoms with Crippen molar-refractivity contribution in [2.45, 2.75) is 25.5 Å². The number of carbonyl (C=O) groups excluding carboxylic acids is 2. The molecule has 0 aliphatic carbocycles. The third-order valence-corrected chi connectivity index (χ3v) is 4.42. The molecule has 1 aliphatic rings. The summed E-state index contributed by atoms with van der Waals surface area (Å²) < 4.78 is 16.2. The first kappa shape index (κ1) is 19.0. The van der Waals surface area contributed by atoms with Gasteiger partial charge in [0.25, 0.3) is 5.91 Å². The number of carbonyl (C=O) groups is 2. The van der Waals surface area contributed by atoms with Crippen molar-refractivity contribution >= 4 is 11.8 Å². The lowest BCUT2D eigenvalue weighted by atomic mass is 10.2. The van der Waals surface area contributed by atoms with E-state index in [-0.39, 0.29) is 36.8 Å². The first-order chi connectivity index (χ1) is 13.2. The van der Waals surface area contributed by atoms with E-state index in [2.05, 4.69) is 6.58 Å². The molecule has 0 bridgehead atoms. The van der Waals surface area contributed by atoms with Gasteiger partial charge in [-0.2, -0.15) is 0 Å². The SMILES string of the molecule is C=CCN(CC(=O)N(Cc1ccco1)CC1CCCO1)C(=O)c1ccco1. The van der Waals surface area contributed by atoms with Crippen LogP contribution in [0.3, 0.4) is 0 Å². The Bertz CT molecular complexity index is 733. The quantitative estimate of drug-likeness (QED) is 0.633. The smallest absolute Gasteiger partial charge is 0.290 e. The van der Waals surface area contributed by atoms with Gasteiger partial charge in [0.2, 0.25) is 5.91 Å². The van der Waals surface area contributed by atoms with Crippen LogP contribution >= 0.6 is 0 Å². The van der Waals surface area contributed by atoms with Crippen LogP contribution in [0.4, 0.5) is 0 Å². The van der Waals surface area contributed by atoms with E-state index < -0.39 is 0 Å². The fourth-order valence-electron chi connectivity index (χ4n) is 3.07. The van der Waals surface area contributed by atoms with Gasteiger partial charge in [0.1, 0.15) is 12.3 Å². The monoisotopic (exact) mass is 372 g/mol. The number of rotatable bonds is 9. The Morgan fingerprint density at radius 3 is 2.63 bits per heavy atom. The van der Waals surface area contributed by atoms with Gasteiger partial charge in [-0.05, 0) is 37.1 Å². The molecular formula is C20H24N2O5. The highest BCUT2D eigenvalue weighted by Crippen LogP contribution is 2.16. The van der Waals surface area contributed by atoms with Crippen LogP contribution in [0.2, 0.25) is 0 Å². The number of ether oxygens (including phenoxy) is 1. The minimum Gasteiger partial charge on any atom is -0.467 e. The maximum absolute atomic E-state index is 13.0. The molecular weight excluding hydrogens is 348 g/mol. The lowest BCUT2D eigenvalue weighted by Crippen LogP contribution is -2.45. The maximum Gasteiger partial charge on any atom is 0.290 e. The van der Waals surface area contributed by atoms with Gasteiger partial charge in [-0.3, -0.25) is 9.59 Å². The van der Waals surface area contributed by atoms with Gasteiger partial charge in [-0.1, -0.05) is 6.08 Å². The topological polar surface area (TPSA) is 76.1 Å². The Morgan fingerprint density at radius 1 is 1.19 bits per heavy atom. The molecule has 0 spiro atoms. The molecule has 0 aromatic carbocycles. The van der Waals surface area contributed by atoms with E-state index in [1.165, 1.54) is 11.2 Å². The van der Waals surface area contributed by atoms with Crippen molar-refractivity contribution in [3.8, 4) is 0 Å². The van der Waals surface area contributed by atoms with E-state index in [1.54, 1.807) is 35.4 Å². The summed E-state index contributed by atoms with van der Waals surface area (Å²) >= 11 is 0. The predicted octanol–water partition coefficient (Wildman–Crippen LogP) is 2.71. The number of nitrogens with zero attached hydrogens (tertiary/aromatic N) is 2. The Morgan fingerprint density at radius 2 is 2.00 bits per heavy atom. The Kier molecular flexibility index (Phi) is 6.49. The second kappa shape index (κ2) is 9.23. The van der Waals surface area contributed by atoms with Crippen LogP contribution in [0.1, 0.15) is 29.2 Å². The fraction of sp³-hybridized carbons (Fsp3) is 0.400. The van der Waals surface area contributed by atoms with Crippen molar-refractivity contribution in [2.75, 3.05) is 26.2 Å². The molecule has 3 heterocycles. The van der Waals surface area contributed by atoms with E-state index >= 15 is 0 Å². The average molecular weight is 372 g/mol. The van der Waals surface area contributed by atoms with Gasteiger partial charge in [0, 0.05) is 19.7 Å². The second-order valence-corrected chi connectivity index (χ2v) is 6.44. The molecule has 0 saturated carbocycles. The summed E-state index contributed by atoms with van der Waals surface area (Å²) in [7, 11) is 0. The second-order valence-electron chi connectivity index (χ2n) is 6.44. The molecule has 1 aliphatic heterocycles. The van der Waals surface area contributed by atoms with E-state index in [1.807, 2.05) is 6.07 Å². The first-order valence-electron chi connectivity index (χ1n) is 9.03. The fourth-order valence-corrected chi connectivity index (χ4v) is 3.07. The number of hydrogen-bond donors (Lipinski definition) is 0. The summed E-state index contributed by atoms with van der Waals surface area (Å²) in [4.78, 5) is 28.7. The molecule has 1 unspecified atom stereocenters. The molecule has 27 heavy (non-hydrogen) atoms. The van der Waals surface area contributed by atoms with Crippen LogP contribution in [-0.4, -0.2) is 54.0 Å². The molecule has 1 atom stereocenters.